The highest BCUT2D eigenvalue weighted by atomic mass is 35.5. The largest absolute Gasteiger partial charge is 0.379 e. The molecule has 0 radical (unpaired) electrons. The summed E-state index contributed by atoms with van der Waals surface area (Å²) in [7, 11) is -1.90. The number of carbonyl (C=O) groups is 3. The van der Waals surface area contributed by atoms with Crippen molar-refractivity contribution in [3.63, 3.8) is 0 Å². The Bertz CT molecular complexity index is 4080. The van der Waals surface area contributed by atoms with Crippen LogP contribution in [0.1, 0.15) is 119 Å². The molecule has 614 valence electrons. The fourth-order valence-electron chi connectivity index (χ4n) is 14.4. The van der Waals surface area contributed by atoms with E-state index in [9.17, 15) is 39.6 Å². The van der Waals surface area contributed by atoms with Crippen molar-refractivity contribution in [2.45, 2.75) is 109 Å². The molecular weight excluding hydrogens is 1620 g/mol. The molecule has 2 amide bonds. The first-order valence-corrected chi connectivity index (χ1v) is 44.2. The van der Waals surface area contributed by atoms with Crippen molar-refractivity contribution in [1.29, 1.82) is 0 Å². The number of ether oxygens (including phenoxy) is 6. The van der Waals surface area contributed by atoms with Gasteiger partial charge in [0.1, 0.15) is 5.78 Å². The van der Waals surface area contributed by atoms with E-state index in [0.29, 0.717) is 102 Å². The summed E-state index contributed by atoms with van der Waals surface area (Å²) in [4.78, 5) is 49.2. The van der Waals surface area contributed by atoms with E-state index in [1.807, 2.05) is 76.5 Å². The Morgan fingerprint density at radius 3 is 1.04 bits per heavy atom. The van der Waals surface area contributed by atoms with E-state index in [1.54, 1.807) is 72.8 Å². The number of halogens is 6. The molecule has 4 atom stereocenters. The molecule has 3 aliphatic rings. The van der Waals surface area contributed by atoms with E-state index >= 15 is 0 Å². The second-order valence-electron chi connectivity index (χ2n) is 28.7. The van der Waals surface area contributed by atoms with Crippen LogP contribution < -0.4 is 24.8 Å². The molecule has 0 fully saturated rings. The lowest BCUT2D eigenvalue weighted by molar-refractivity contribution is -0.122. The third kappa shape index (κ3) is 27.0. The number of likely N-dealkylation sites (N-methyl/N-ethyl adjacent to an activating group) is 3. The molecule has 3 aliphatic heterocycles. The Labute approximate surface area is 689 Å². The van der Waals surface area contributed by atoms with E-state index in [2.05, 4.69) is 39.5 Å². The fourth-order valence-corrected chi connectivity index (χ4v) is 19.3. The molecule has 6 aromatic carbocycles. The molecule has 0 aromatic heterocycles. The van der Waals surface area contributed by atoms with Crippen molar-refractivity contribution < 1.29 is 68.1 Å². The van der Waals surface area contributed by atoms with Gasteiger partial charge in [-0.05, 0) is 184 Å². The summed E-state index contributed by atoms with van der Waals surface area (Å²) >= 11 is 38.9. The number of ketones is 1. The van der Waals surface area contributed by atoms with Crippen LogP contribution in [-0.4, -0.2) is 235 Å². The summed E-state index contributed by atoms with van der Waals surface area (Å²) in [5, 5.41) is 9.09. The maximum atomic E-state index is 13.5. The van der Waals surface area contributed by atoms with Crippen molar-refractivity contribution in [1.82, 2.24) is 44.4 Å². The molecule has 0 spiro atoms. The lowest BCUT2D eigenvalue weighted by Gasteiger charge is -2.40. The average molecular weight is 1730 g/mol. The van der Waals surface area contributed by atoms with Gasteiger partial charge in [-0.1, -0.05) is 106 Å². The molecule has 0 saturated heterocycles. The zero-order valence-corrected chi connectivity index (χ0v) is 70.9. The van der Waals surface area contributed by atoms with Gasteiger partial charge in [0.05, 0.1) is 87.4 Å². The second-order valence-corrected chi connectivity index (χ2v) is 36.5. The molecule has 112 heavy (non-hydrogen) atoms. The number of amides is 2. The fraction of sp³-hybridized carbons (Fsp3) is 0.506. The first kappa shape index (κ1) is 90.9. The van der Waals surface area contributed by atoms with Gasteiger partial charge in [0.25, 0.3) is 0 Å². The summed E-state index contributed by atoms with van der Waals surface area (Å²) in [5.41, 5.74) is 7.57. The van der Waals surface area contributed by atoms with E-state index in [1.165, 1.54) is 0 Å². The molecule has 6 aromatic rings. The van der Waals surface area contributed by atoms with Crippen molar-refractivity contribution in [3.05, 3.63) is 189 Å². The number of benzene rings is 6. The summed E-state index contributed by atoms with van der Waals surface area (Å²) in [6.07, 6.45) is 2.12. The highest BCUT2D eigenvalue weighted by Crippen LogP contribution is 2.43. The summed E-state index contributed by atoms with van der Waals surface area (Å²) in [6.45, 7) is 6.61. The van der Waals surface area contributed by atoms with Crippen LogP contribution >= 0.6 is 69.6 Å². The smallest absolute Gasteiger partial charge is 0.240 e. The number of hydrogen-bond donors (Lipinski definition) is 5. The Hall–Kier alpha value is -5.00. The lowest BCUT2D eigenvalue weighted by Crippen LogP contribution is -2.46. The van der Waals surface area contributed by atoms with Crippen molar-refractivity contribution in [3.8, 4) is 0 Å². The minimum atomic E-state index is -3.87. The van der Waals surface area contributed by atoms with Gasteiger partial charge in [0, 0.05) is 158 Å². The van der Waals surface area contributed by atoms with Crippen LogP contribution in [-0.2, 0) is 92.5 Å². The maximum absolute atomic E-state index is 13.5. The molecule has 33 heteroatoms. The molecule has 0 bridgehead atoms. The predicted octanol–water partition coefficient (Wildman–Crippen LogP) is 10.9. The van der Waals surface area contributed by atoms with Gasteiger partial charge in [-0.3, -0.25) is 14.4 Å². The predicted molar refractivity (Wildman–Crippen MR) is 438 cm³/mol. The topological polar surface area (TPSA) is 282 Å². The highest BCUT2D eigenvalue weighted by Gasteiger charge is 2.36. The number of nitrogens with zero attached hydrogens (tertiary/aromatic N) is 4. The van der Waals surface area contributed by atoms with E-state index in [4.69, 9.17) is 98.0 Å². The summed E-state index contributed by atoms with van der Waals surface area (Å²) in [5.74, 6) is -0.882. The van der Waals surface area contributed by atoms with Crippen LogP contribution in [0.25, 0.3) is 0 Å². The zero-order valence-electron chi connectivity index (χ0n) is 63.9. The zero-order chi connectivity index (χ0) is 80.6. The number of carbonyl (C=O) groups excluding carboxylic acids is 3. The van der Waals surface area contributed by atoms with E-state index < -0.39 is 35.6 Å². The standard InChI is InChI=1S/C79H103Cl6N9O15S3/c1-91(2)79(20-17-61(95)13-9-28-104-34-35-107-31-25-88-110(98,99)62-14-6-10-55(40-62)68-49-92(3)52-71-65(68)43-58(80)46-74(71)83,21-18-77(96)86-23-29-105-36-38-108-32-26-89-111(100,101)63-15-7-11-56(41-63)69-50-93(4)53-72-66(69)44-59(81)47-75(72)84)22-19-78(97)87-24-30-106-37-39-109-33-27-90-112(102,103)64-16-8-12-57(42-64)70-51-94(5)54-73-67(70)45-60(82)48-76(73)85/h6-8,10-12,14-16,40-48,68-70,88-90H,9,13,17-39,49-54H2,1-5H3,(H,86,96)(H,87,97)/t68-,69-,70?,79?/m0/s1. The SMILES string of the molecule is CN1Cc2c(Cl)cc(Cl)cc2C(c2cccc(S(=O)(=O)NCCOCCOCCNC(=O)CCC(CCC(=O)CCCOCCOCCNS(=O)(=O)c3cccc([C@@H]4CN(C)Cc5c(Cl)cc(Cl)cc54)c3)(CCC(=O)NCCOCCOCCNS(=O)(=O)c3cccc([C@@H]4CN(C)Cc5c(Cl)cc(Cl)cc54)c3)N(C)C)c2)C1. The first-order chi connectivity index (χ1) is 53.5. The highest BCUT2D eigenvalue weighted by molar-refractivity contribution is 7.90. The van der Waals surface area contributed by atoms with Crippen LogP contribution in [0.4, 0.5) is 0 Å². The van der Waals surface area contributed by atoms with Crippen LogP contribution in [0.2, 0.25) is 30.1 Å². The maximum Gasteiger partial charge on any atom is 0.240 e. The summed E-state index contributed by atoms with van der Waals surface area (Å²) in [6, 6.07) is 31.4. The van der Waals surface area contributed by atoms with Crippen LogP contribution in [0.15, 0.2) is 124 Å². The number of rotatable bonds is 47. The minimum absolute atomic E-state index is 0.00394. The molecule has 3 heterocycles. The molecule has 2 unspecified atom stereocenters. The number of sulfonamides is 3. The Morgan fingerprint density at radius 1 is 0.411 bits per heavy atom. The van der Waals surface area contributed by atoms with Gasteiger partial charge < -0.3 is 58.7 Å². The van der Waals surface area contributed by atoms with Gasteiger partial charge in [-0.2, -0.15) is 0 Å². The minimum Gasteiger partial charge on any atom is -0.379 e. The van der Waals surface area contributed by atoms with Gasteiger partial charge in [-0.15, -0.1) is 0 Å². The second kappa shape index (κ2) is 44.0. The Balaban J connectivity index is 0.668. The monoisotopic (exact) mass is 1720 g/mol. The van der Waals surface area contributed by atoms with Gasteiger partial charge >= 0.3 is 0 Å². The van der Waals surface area contributed by atoms with Crippen LogP contribution in [0.5, 0.6) is 0 Å². The van der Waals surface area contributed by atoms with Gasteiger partial charge in [-0.25, -0.2) is 39.4 Å². The molecule has 0 saturated carbocycles. The normalized spacial score (nSPS) is 16.9. The molecule has 24 nitrogen and oxygen atoms in total. The molecule has 5 N–H and O–H groups in total. The van der Waals surface area contributed by atoms with Gasteiger partial charge in [0.2, 0.25) is 41.9 Å². The Kier molecular flexibility index (Phi) is 35.7. The van der Waals surface area contributed by atoms with Crippen LogP contribution in [0.3, 0.4) is 0 Å². The number of Topliss-reactive ketones (excluding diaryl/α,β-unsaturated/α-hetero) is 1. The van der Waals surface area contributed by atoms with E-state index in [-0.39, 0.29) is 181 Å². The number of hydrogen-bond acceptors (Lipinski definition) is 19. The first-order valence-electron chi connectivity index (χ1n) is 37.5. The third-order valence-corrected chi connectivity index (χ3v) is 26.3. The molecular formula is C79H103Cl6N9O15S3. The van der Waals surface area contributed by atoms with Gasteiger partial charge in [0.15, 0.2) is 0 Å². The van der Waals surface area contributed by atoms with E-state index in [0.717, 1.165) is 50.1 Å². The average Bonchev–Trinajstić information content (AvgIpc) is 0.780. The Morgan fingerprint density at radius 2 is 0.714 bits per heavy atom. The number of nitrogens with one attached hydrogen (secondary N) is 5. The third-order valence-electron chi connectivity index (χ3n) is 20.3. The lowest BCUT2D eigenvalue weighted by atomic mass is 9.81. The molecule has 9 rings (SSSR count). The van der Waals surface area contributed by atoms with Crippen molar-refractivity contribution in [2.75, 3.05) is 167 Å². The summed E-state index contributed by atoms with van der Waals surface area (Å²) < 4.78 is 123. The van der Waals surface area contributed by atoms with Crippen molar-refractivity contribution >= 4 is 117 Å². The quantitative estimate of drug-likeness (QED) is 0.0222. The number of fused-ring (bicyclic) bond motifs is 3. The molecule has 0 aliphatic carbocycles. The van der Waals surface area contributed by atoms with Crippen molar-refractivity contribution in [2.24, 2.45) is 0 Å². The van der Waals surface area contributed by atoms with Crippen LogP contribution in [0, 0.1) is 0 Å².